The lowest BCUT2D eigenvalue weighted by atomic mass is 9.97. The lowest BCUT2D eigenvalue weighted by molar-refractivity contribution is 0.599. The molecule has 2 rings (SSSR count). The molecule has 0 aliphatic rings. The van der Waals surface area contributed by atoms with Crippen molar-refractivity contribution in [2.75, 3.05) is 6.54 Å². The Kier molecular flexibility index (Phi) is 5.50. The lowest BCUT2D eigenvalue weighted by Gasteiger charge is -2.20. The van der Waals surface area contributed by atoms with E-state index in [1.165, 1.54) is 28.0 Å². The fourth-order valence-corrected chi connectivity index (χ4v) is 3.72. The molecule has 1 aromatic heterocycles. The van der Waals surface area contributed by atoms with Crippen LogP contribution in [0.2, 0.25) is 8.67 Å². The van der Waals surface area contributed by atoms with Crippen LogP contribution in [0.4, 0.5) is 0 Å². The zero-order chi connectivity index (χ0) is 14.7. The Bertz CT molecular complexity index is 592. The van der Waals surface area contributed by atoms with Gasteiger partial charge in [0.25, 0.3) is 0 Å². The molecule has 2 aromatic rings. The average Bonchev–Trinajstić information content (AvgIpc) is 2.73. The molecule has 1 unspecified atom stereocenters. The van der Waals surface area contributed by atoms with Crippen molar-refractivity contribution in [2.24, 2.45) is 0 Å². The quantitative estimate of drug-likeness (QED) is 0.736. The van der Waals surface area contributed by atoms with E-state index in [4.69, 9.17) is 23.2 Å². The molecule has 1 N–H and O–H groups in total. The van der Waals surface area contributed by atoms with Gasteiger partial charge in [-0.25, -0.2) is 0 Å². The van der Waals surface area contributed by atoms with Crippen molar-refractivity contribution < 1.29 is 0 Å². The molecular formula is C16H19Cl2NS. The monoisotopic (exact) mass is 327 g/mol. The van der Waals surface area contributed by atoms with Gasteiger partial charge < -0.3 is 5.32 Å². The number of aryl methyl sites for hydroxylation is 2. The number of nitrogens with one attached hydrogen (secondary N) is 1. The third kappa shape index (κ3) is 3.56. The summed E-state index contributed by atoms with van der Waals surface area (Å²) in [5.41, 5.74) is 4.90. The molecule has 1 aromatic carbocycles. The van der Waals surface area contributed by atoms with Gasteiger partial charge in [0.2, 0.25) is 0 Å². The van der Waals surface area contributed by atoms with Gasteiger partial charge in [0, 0.05) is 5.56 Å². The highest BCUT2D eigenvalue weighted by atomic mass is 35.5. The zero-order valence-electron chi connectivity index (χ0n) is 12.0. The number of hydrogen-bond acceptors (Lipinski definition) is 2. The van der Waals surface area contributed by atoms with Crippen molar-refractivity contribution in [1.82, 2.24) is 5.32 Å². The third-order valence-corrected chi connectivity index (χ3v) is 4.97. The van der Waals surface area contributed by atoms with Crippen LogP contribution in [0.5, 0.6) is 0 Å². The highest BCUT2D eigenvalue weighted by Gasteiger charge is 2.19. The smallest absolute Gasteiger partial charge is 0.0995 e. The summed E-state index contributed by atoms with van der Waals surface area (Å²) < 4.78 is 1.50. The van der Waals surface area contributed by atoms with Crippen LogP contribution in [0.3, 0.4) is 0 Å². The molecule has 4 heteroatoms. The second kappa shape index (κ2) is 6.95. The molecule has 1 atom stereocenters. The molecular weight excluding hydrogens is 309 g/mol. The van der Waals surface area contributed by atoms with Crippen LogP contribution in [0.15, 0.2) is 24.3 Å². The molecule has 0 amide bonds. The topological polar surface area (TPSA) is 12.0 Å². The molecule has 0 saturated carbocycles. The molecule has 0 spiro atoms. The maximum absolute atomic E-state index is 6.33. The first kappa shape index (κ1) is 15.8. The predicted molar refractivity (Wildman–Crippen MR) is 90.4 cm³/mol. The van der Waals surface area contributed by atoms with E-state index < -0.39 is 0 Å². The van der Waals surface area contributed by atoms with Crippen molar-refractivity contribution in [2.45, 2.75) is 33.2 Å². The second-order valence-electron chi connectivity index (χ2n) is 5.01. The molecule has 108 valence electrons. The Labute approximate surface area is 134 Å². The van der Waals surface area contributed by atoms with Crippen LogP contribution < -0.4 is 5.32 Å². The summed E-state index contributed by atoms with van der Waals surface area (Å²) in [6, 6.07) is 8.62. The summed E-state index contributed by atoms with van der Waals surface area (Å²) in [5.74, 6) is 0. The summed E-state index contributed by atoms with van der Waals surface area (Å²) in [7, 11) is 0. The molecule has 1 nitrogen and oxygen atoms in total. The molecule has 0 bridgehead atoms. The summed E-state index contributed by atoms with van der Waals surface area (Å²) in [4.78, 5) is 0. The Hall–Kier alpha value is -0.540. The summed E-state index contributed by atoms with van der Waals surface area (Å²) in [5, 5.41) is 3.57. The predicted octanol–water partition coefficient (Wildman–Crippen LogP) is 5.76. The molecule has 0 saturated heterocycles. The van der Waals surface area contributed by atoms with Crippen LogP contribution in [-0.4, -0.2) is 6.54 Å². The molecule has 0 aliphatic heterocycles. The minimum Gasteiger partial charge on any atom is -0.306 e. The maximum atomic E-state index is 6.33. The first-order valence-corrected chi connectivity index (χ1v) is 8.35. The van der Waals surface area contributed by atoms with Crippen molar-refractivity contribution in [1.29, 1.82) is 0 Å². The van der Waals surface area contributed by atoms with E-state index in [0.717, 1.165) is 27.2 Å². The van der Waals surface area contributed by atoms with Crippen molar-refractivity contribution >= 4 is 34.5 Å². The van der Waals surface area contributed by atoms with Crippen molar-refractivity contribution in [3.63, 3.8) is 0 Å². The highest BCUT2D eigenvalue weighted by Crippen LogP contribution is 2.37. The Balaban J connectivity index is 2.41. The van der Waals surface area contributed by atoms with Crippen LogP contribution in [0.1, 0.15) is 41.6 Å². The highest BCUT2D eigenvalue weighted by molar-refractivity contribution is 7.20. The SMILES string of the molecule is CCCNC(c1ccc(C)c(C)c1)c1cc(Cl)sc1Cl. The zero-order valence-corrected chi connectivity index (χ0v) is 14.3. The molecule has 0 radical (unpaired) electrons. The van der Waals surface area contributed by atoms with Crippen molar-refractivity contribution in [3.05, 3.63) is 55.2 Å². The van der Waals surface area contributed by atoms with Gasteiger partial charge in [0.05, 0.1) is 14.7 Å². The lowest BCUT2D eigenvalue weighted by Crippen LogP contribution is -2.23. The Morgan fingerprint density at radius 3 is 2.45 bits per heavy atom. The van der Waals surface area contributed by atoms with Gasteiger partial charge in [0.15, 0.2) is 0 Å². The van der Waals surface area contributed by atoms with Crippen molar-refractivity contribution in [3.8, 4) is 0 Å². The minimum atomic E-state index is 0.102. The van der Waals surface area contributed by atoms with Crippen LogP contribution in [0, 0.1) is 13.8 Å². The van der Waals surface area contributed by atoms with Gasteiger partial charge in [0.1, 0.15) is 0 Å². The van der Waals surface area contributed by atoms with Gasteiger partial charge in [-0.1, -0.05) is 48.3 Å². The number of benzene rings is 1. The van der Waals surface area contributed by atoms with Crippen LogP contribution in [-0.2, 0) is 0 Å². The molecule has 0 fully saturated rings. The number of thiophene rings is 1. The fourth-order valence-electron chi connectivity index (χ4n) is 2.19. The van der Waals surface area contributed by atoms with Gasteiger partial charge in [-0.2, -0.15) is 0 Å². The van der Waals surface area contributed by atoms with E-state index in [-0.39, 0.29) is 6.04 Å². The van der Waals surface area contributed by atoms with E-state index in [2.05, 4.69) is 44.3 Å². The first-order valence-electron chi connectivity index (χ1n) is 6.78. The normalized spacial score (nSPS) is 12.7. The summed E-state index contributed by atoms with van der Waals surface area (Å²) >= 11 is 13.9. The standard InChI is InChI=1S/C16H19Cl2NS/c1-4-7-19-15(13-9-14(17)20-16(13)18)12-6-5-10(2)11(3)8-12/h5-6,8-9,15,19H,4,7H2,1-3H3. The Morgan fingerprint density at radius 1 is 1.15 bits per heavy atom. The number of rotatable bonds is 5. The molecule has 20 heavy (non-hydrogen) atoms. The van der Waals surface area contributed by atoms with Crippen LogP contribution in [0.25, 0.3) is 0 Å². The van der Waals surface area contributed by atoms with E-state index in [0.29, 0.717) is 0 Å². The summed E-state index contributed by atoms with van der Waals surface area (Å²) in [6.07, 6.45) is 1.08. The number of halogens is 2. The van der Waals surface area contributed by atoms with E-state index >= 15 is 0 Å². The fraction of sp³-hybridized carbons (Fsp3) is 0.375. The van der Waals surface area contributed by atoms with Gasteiger partial charge >= 0.3 is 0 Å². The van der Waals surface area contributed by atoms with E-state index in [1.54, 1.807) is 0 Å². The van der Waals surface area contributed by atoms with Crippen LogP contribution >= 0.6 is 34.5 Å². The second-order valence-corrected chi connectivity index (χ2v) is 7.30. The van der Waals surface area contributed by atoms with Gasteiger partial charge in [-0.05, 0) is 49.6 Å². The third-order valence-electron chi connectivity index (χ3n) is 3.46. The minimum absolute atomic E-state index is 0.102. The first-order chi connectivity index (χ1) is 9.52. The molecule has 1 heterocycles. The molecule has 0 aliphatic carbocycles. The average molecular weight is 328 g/mol. The summed E-state index contributed by atoms with van der Waals surface area (Å²) in [6.45, 7) is 7.37. The van der Waals surface area contributed by atoms with Gasteiger partial charge in [-0.3, -0.25) is 0 Å². The van der Waals surface area contributed by atoms with E-state index in [9.17, 15) is 0 Å². The largest absolute Gasteiger partial charge is 0.306 e. The van der Waals surface area contributed by atoms with Gasteiger partial charge in [-0.15, -0.1) is 11.3 Å². The number of hydrogen-bond donors (Lipinski definition) is 1. The van der Waals surface area contributed by atoms with E-state index in [1.807, 2.05) is 6.07 Å². The Morgan fingerprint density at radius 2 is 1.90 bits per heavy atom. The maximum Gasteiger partial charge on any atom is 0.0995 e.